The van der Waals surface area contributed by atoms with Crippen molar-refractivity contribution in [2.24, 2.45) is 5.73 Å². The van der Waals surface area contributed by atoms with E-state index in [1.807, 2.05) is 0 Å². The number of fused-ring (bicyclic) bond motifs is 1. The highest BCUT2D eigenvalue weighted by Crippen LogP contribution is 2.38. The Morgan fingerprint density at radius 1 is 0.917 bits per heavy atom. The van der Waals surface area contributed by atoms with Crippen LogP contribution in [0.15, 0.2) is 59.0 Å². The van der Waals surface area contributed by atoms with Gasteiger partial charge in [-0.1, -0.05) is 12.1 Å². The summed E-state index contributed by atoms with van der Waals surface area (Å²) in [5.41, 5.74) is 7.09. The molecule has 1 saturated heterocycles. The lowest BCUT2D eigenvalue weighted by Gasteiger charge is -2.31. The molecular formula is C27H21F5N2O2. The monoisotopic (exact) mass is 500 g/mol. The summed E-state index contributed by atoms with van der Waals surface area (Å²) in [4.78, 5) is 14.2. The van der Waals surface area contributed by atoms with E-state index in [2.05, 4.69) is 0 Å². The van der Waals surface area contributed by atoms with Crippen LogP contribution in [0.2, 0.25) is 0 Å². The number of hydrogen-bond acceptors (Lipinski definition) is 3. The van der Waals surface area contributed by atoms with Crippen LogP contribution < -0.4 is 5.73 Å². The van der Waals surface area contributed by atoms with Crippen LogP contribution in [0.25, 0.3) is 33.2 Å². The molecule has 0 aliphatic carbocycles. The molecular weight excluding hydrogens is 479 g/mol. The van der Waals surface area contributed by atoms with Gasteiger partial charge in [0.25, 0.3) is 11.8 Å². The van der Waals surface area contributed by atoms with E-state index in [1.165, 1.54) is 11.0 Å². The average molecular weight is 500 g/mol. The molecule has 4 aromatic rings. The van der Waals surface area contributed by atoms with Crippen LogP contribution in [0.1, 0.15) is 29.0 Å². The Balaban J connectivity index is 1.53. The molecule has 0 saturated carbocycles. The Morgan fingerprint density at radius 3 is 2.17 bits per heavy atom. The molecule has 2 heterocycles. The molecule has 1 amide bonds. The second-order valence-corrected chi connectivity index (χ2v) is 8.83. The first-order chi connectivity index (χ1) is 17.1. The zero-order valence-electron chi connectivity index (χ0n) is 19.0. The quantitative estimate of drug-likeness (QED) is 0.325. The fraction of sp³-hybridized carbons (Fsp3) is 0.222. The second-order valence-electron chi connectivity index (χ2n) is 8.83. The summed E-state index contributed by atoms with van der Waals surface area (Å²) >= 11 is 0. The lowest BCUT2D eigenvalue weighted by atomic mass is 9.95. The number of benzene rings is 3. The molecule has 0 bridgehead atoms. The molecule has 9 heteroatoms. The maximum Gasteiger partial charge on any atom is 0.253 e. The van der Waals surface area contributed by atoms with Crippen molar-refractivity contribution < 1.29 is 31.2 Å². The fourth-order valence-corrected chi connectivity index (χ4v) is 4.48. The van der Waals surface area contributed by atoms with E-state index in [1.54, 1.807) is 36.4 Å². The van der Waals surface area contributed by atoms with Gasteiger partial charge in [0.05, 0.1) is 12.1 Å². The Labute approximate surface area is 203 Å². The molecule has 36 heavy (non-hydrogen) atoms. The van der Waals surface area contributed by atoms with Crippen molar-refractivity contribution in [1.29, 1.82) is 0 Å². The summed E-state index contributed by atoms with van der Waals surface area (Å²) in [7, 11) is 0. The van der Waals surface area contributed by atoms with Gasteiger partial charge >= 0.3 is 0 Å². The standard InChI is InChI=1S/C27H21F5N2O2/c28-19-12-22(29)24(23(30)13-19)21-11-17(9-18-10-20(14-33)36-25(18)21)15-1-3-16(4-2-15)26(35)34-7-5-27(31,32)6-8-34/h1-4,9-13H,5-8,14,33H2. The molecule has 186 valence electrons. The first-order valence-corrected chi connectivity index (χ1v) is 11.3. The van der Waals surface area contributed by atoms with Gasteiger partial charge in [-0.25, -0.2) is 22.0 Å². The molecule has 1 aromatic heterocycles. The normalized spacial score (nSPS) is 15.4. The van der Waals surface area contributed by atoms with E-state index >= 15 is 0 Å². The first-order valence-electron chi connectivity index (χ1n) is 11.3. The Bertz CT molecular complexity index is 1430. The number of furan rings is 1. The van der Waals surface area contributed by atoms with Crippen LogP contribution in [0.3, 0.4) is 0 Å². The third kappa shape index (κ3) is 4.46. The lowest BCUT2D eigenvalue weighted by molar-refractivity contribution is -0.0494. The molecule has 3 aromatic carbocycles. The Hall–Kier alpha value is -3.72. The smallest absolute Gasteiger partial charge is 0.253 e. The van der Waals surface area contributed by atoms with Crippen LogP contribution in [0, 0.1) is 17.5 Å². The van der Waals surface area contributed by atoms with E-state index in [0.29, 0.717) is 40.0 Å². The SMILES string of the molecule is NCc1cc2cc(-c3ccc(C(=O)N4CCC(F)(F)CC4)cc3)cc(-c3c(F)cc(F)cc3F)c2o1. The summed E-state index contributed by atoms with van der Waals surface area (Å²) in [6, 6.07) is 12.6. The summed E-state index contributed by atoms with van der Waals surface area (Å²) in [6.45, 7) is 0.0236. The summed E-state index contributed by atoms with van der Waals surface area (Å²) in [5.74, 6) is -5.89. The highest BCUT2D eigenvalue weighted by Gasteiger charge is 2.35. The summed E-state index contributed by atoms with van der Waals surface area (Å²) in [6.07, 6.45) is -0.739. The van der Waals surface area contributed by atoms with Gasteiger partial charge in [0.15, 0.2) is 0 Å². The molecule has 4 nitrogen and oxygen atoms in total. The number of nitrogens with zero attached hydrogens (tertiary/aromatic N) is 1. The second kappa shape index (κ2) is 9.05. The van der Waals surface area contributed by atoms with Crippen molar-refractivity contribution >= 4 is 16.9 Å². The number of piperidine rings is 1. The van der Waals surface area contributed by atoms with Gasteiger partial charge in [0.2, 0.25) is 0 Å². The van der Waals surface area contributed by atoms with E-state index in [-0.39, 0.29) is 49.5 Å². The number of rotatable bonds is 4. The van der Waals surface area contributed by atoms with Crippen LogP contribution >= 0.6 is 0 Å². The maximum atomic E-state index is 14.7. The van der Waals surface area contributed by atoms with E-state index < -0.39 is 28.9 Å². The van der Waals surface area contributed by atoms with Crippen molar-refractivity contribution in [3.63, 3.8) is 0 Å². The predicted octanol–water partition coefficient (Wildman–Crippen LogP) is 6.51. The van der Waals surface area contributed by atoms with Crippen molar-refractivity contribution in [3.8, 4) is 22.3 Å². The molecule has 1 aliphatic rings. The maximum absolute atomic E-state index is 14.7. The summed E-state index contributed by atoms with van der Waals surface area (Å²) in [5, 5.41) is 0.542. The van der Waals surface area contributed by atoms with Gasteiger partial charge < -0.3 is 15.1 Å². The number of nitrogens with two attached hydrogens (primary N) is 1. The van der Waals surface area contributed by atoms with Crippen molar-refractivity contribution in [1.82, 2.24) is 4.90 Å². The minimum atomic E-state index is -2.75. The van der Waals surface area contributed by atoms with E-state index in [9.17, 15) is 26.7 Å². The van der Waals surface area contributed by atoms with E-state index in [4.69, 9.17) is 10.2 Å². The van der Waals surface area contributed by atoms with Gasteiger partial charge in [0.1, 0.15) is 28.8 Å². The Kier molecular flexibility index (Phi) is 6.04. The first kappa shape index (κ1) is 24.0. The molecule has 0 atom stereocenters. The number of likely N-dealkylation sites (tertiary alicyclic amines) is 1. The number of amides is 1. The van der Waals surface area contributed by atoms with Gasteiger partial charge in [-0.05, 0) is 41.5 Å². The van der Waals surface area contributed by atoms with Crippen LogP contribution in [-0.2, 0) is 6.54 Å². The number of carbonyl (C=O) groups excluding carboxylic acids is 1. The minimum Gasteiger partial charge on any atom is -0.459 e. The molecule has 5 rings (SSSR count). The largest absolute Gasteiger partial charge is 0.459 e. The third-order valence-corrected chi connectivity index (χ3v) is 6.39. The lowest BCUT2D eigenvalue weighted by Crippen LogP contribution is -2.42. The molecule has 1 fully saturated rings. The zero-order valence-corrected chi connectivity index (χ0v) is 19.0. The predicted molar refractivity (Wildman–Crippen MR) is 125 cm³/mol. The number of alkyl halides is 2. The van der Waals surface area contributed by atoms with Gasteiger partial charge in [-0.2, -0.15) is 0 Å². The van der Waals surface area contributed by atoms with Crippen molar-refractivity contribution in [2.45, 2.75) is 25.3 Å². The Morgan fingerprint density at radius 2 is 1.56 bits per heavy atom. The molecule has 0 radical (unpaired) electrons. The van der Waals surface area contributed by atoms with Crippen LogP contribution in [0.4, 0.5) is 22.0 Å². The molecule has 0 unspecified atom stereocenters. The van der Waals surface area contributed by atoms with Crippen LogP contribution in [-0.4, -0.2) is 29.8 Å². The van der Waals surface area contributed by atoms with Gasteiger partial charge in [-0.3, -0.25) is 4.79 Å². The van der Waals surface area contributed by atoms with Gasteiger partial charge in [0, 0.05) is 54.6 Å². The number of hydrogen-bond donors (Lipinski definition) is 1. The van der Waals surface area contributed by atoms with Crippen molar-refractivity contribution in [2.75, 3.05) is 13.1 Å². The molecule has 0 spiro atoms. The third-order valence-electron chi connectivity index (χ3n) is 6.39. The minimum absolute atomic E-state index is 0.0215. The van der Waals surface area contributed by atoms with Crippen molar-refractivity contribution in [3.05, 3.63) is 83.4 Å². The average Bonchev–Trinajstić information content (AvgIpc) is 3.27. The zero-order chi connectivity index (χ0) is 25.6. The number of carbonyl (C=O) groups is 1. The summed E-state index contributed by atoms with van der Waals surface area (Å²) < 4.78 is 75.5. The fourth-order valence-electron chi connectivity index (χ4n) is 4.48. The highest BCUT2D eigenvalue weighted by molar-refractivity contribution is 5.98. The molecule has 1 aliphatic heterocycles. The van der Waals surface area contributed by atoms with Crippen LogP contribution in [0.5, 0.6) is 0 Å². The molecule has 2 N–H and O–H groups in total. The number of halogens is 5. The van der Waals surface area contributed by atoms with Gasteiger partial charge in [-0.15, -0.1) is 0 Å². The highest BCUT2D eigenvalue weighted by atomic mass is 19.3. The topological polar surface area (TPSA) is 59.5 Å². The van der Waals surface area contributed by atoms with E-state index in [0.717, 1.165) is 0 Å².